The molecule has 0 rings (SSSR count). The molecule has 0 amide bonds. The third kappa shape index (κ3) is 18.5. The van der Waals surface area contributed by atoms with Crippen molar-refractivity contribution in [2.24, 2.45) is 0 Å². The molecule has 0 N–H and O–H groups in total. The summed E-state index contributed by atoms with van der Waals surface area (Å²) in [5.74, 6) is 0. The molecule has 0 radical (unpaired) electrons. The van der Waals surface area contributed by atoms with E-state index in [0.29, 0.717) is 0 Å². The predicted octanol–water partition coefficient (Wildman–Crippen LogP) is 3.51. The Morgan fingerprint density at radius 2 is 1.89 bits per heavy atom. The lowest BCUT2D eigenvalue weighted by molar-refractivity contribution is 1.64. The van der Waals surface area contributed by atoms with Gasteiger partial charge in [-0.05, 0) is 19.9 Å². The van der Waals surface area contributed by atoms with Crippen molar-refractivity contribution in [3.63, 3.8) is 0 Å². The van der Waals surface area contributed by atoms with E-state index in [1.807, 2.05) is 32.1 Å². The Morgan fingerprint density at radius 3 is 2.00 bits per heavy atom. The van der Waals surface area contributed by atoms with Gasteiger partial charge in [-0.25, -0.2) is 0 Å². The molecule has 0 aromatic rings. The largest absolute Gasteiger partial charge is 0.106 e. The van der Waals surface area contributed by atoms with Crippen LogP contribution in [-0.4, -0.2) is 0 Å². The lowest BCUT2D eigenvalue weighted by atomic mass is 10.5. The molecule has 0 saturated carbocycles. The van der Waals surface area contributed by atoms with E-state index >= 15 is 0 Å². The number of hydrogen-bond acceptors (Lipinski definition) is 0. The van der Waals surface area contributed by atoms with E-state index in [9.17, 15) is 0 Å². The van der Waals surface area contributed by atoms with Gasteiger partial charge in [0, 0.05) is 5.03 Å². The molecule has 0 aliphatic rings. The molecule has 0 aromatic heterocycles. The van der Waals surface area contributed by atoms with Crippen LogP contribution in [0.15, 0.2) is 36.4 Å². The second-order valence-corrected chi connectivity index (χ2v) is 1.88. The van der Waals surface area contributed by atoms with Gasteiger partial charge in [-0.15, -0.1) is 13.2 Å². The SMILES string of the molecule is C/C=C\C=C(/C)Cl.C=C. The molecule has 0 bridgehead atoms. The average molecular weight is 145 g/mol. The maximum Gasteiger partial charge on any atom is 0.0149 e. The normalized spacial score (nSPS) is 10.8. The molecule has 0 unspecified atom stereocenters. The predicted molar refractivity (Wildman–Crippen MR) is 45.7 cm³/mol. The van der Waals surface area contributed by atoms with E-state index in [0.717, 1.165) is 5.03 Å². The van der Waals surface area contributed by atoms with Crippen molar-refractivity contribution in [2.45, 2.75) is 13.8 Å². The number of rotatable bonds is 1. The molecule has 9 heavy (non-hydrogen) atoms. The van der Waals surface area contributed by atoms with E-state index in [4.69, 9.17) is 11.6 Å². The summed E-state index contributed by atoms with van der Waals surface area (Å²) in [5.41, 5.74) is 0. The van der Waals surface area contributed by atoms with Crippen molar-refractivity contribution in [2.75, 3.05) is 0 Å². The van der Waals surface area contributed by atoms with Gasteiger partial charge in [-0.3, -0.25) is 0 Å². The minimum absolute atomic E-state index is 0.818. The number of allylic oxidation sites excluding steroid dienone is 4. The zero-order valence-corrected chi connectivity index (χ0v) is 6.78. The zero-order valence-electron chi connectivity index (χ0n) is 6.02. The average Bonchev–Trinajstić information content (AvgIpc) is 1.88. The Hall–Kier alpha value is -0.490. The summed E-state index contributed by atoms with van der Waals surface area (Å²) >= 11 is 5.47. The van der Waals surface area contributed by atoms with E-state index < -0.39 is 0 Å². The van der Waals surface area contributed by atoms with E-state index in [-0.39, 0.29) is 0 Å². The third-order valence-corrected chi connectivity index (χ3v) is 0.644. The van der Waals surface area contributed by atoms with Crippen molar-refractivity contribution in [3.05, 3.63) is 36.4 Å². The third-order valence-electron chi connectivity index (χ3n) is 0.518. The van der Waals surface area contributed by atoms with Gasteiger partial charge in [0.25, 0.3) is 0 Å². The van der Waals surface area contributed by atoms with Crippen molar-refractivity contribution < 1.29 is 0 Å². The summed E-state index contributed by atoms with van der Waals surface area (Å²) < 4.78 is 0. The van der Waals surface area contributed by atoms with Gasteiger partial charge in [0.05, 0.1) is 0 Å². The molecule has 1 heteroatoms. The Morgan fingerprint density at radius 1 is 1.44 bits per heavy atom. The zero-order chi connectivity index (χ0) is 7.70. The second-order valence-electron chi connectivity index (χ2n) is 1.28. The van der Waals surface area contributed by atoms with Crippen molar-refractivity contribution in [1.82, 2.24) is 0 Å². The van der Waals surface area contributed by atoms with Crippen LogP contribution in [0.5, 0.6) is 0 Å². The second kappa shape index (κ2) is 10.5. The lowest BCUT2D eigenvalue weighted by Crippen LogP contribution is -1.51. The fraction of sp³-hybridized carbons (Fsp3) is 0.250. The molecule has 0 atom stereocenters. The molecule has 0 aliphatic carbocycles. The fourth-order valence-corrected chi connectivity index (χ4v) is 0.302. The molecule has 0 aliphatic heterocycles. The van der Waals surface area contributed by atoms with Gasteiger partial charge in [0.1, 0.15) is 0 Å². The standard InChI is InChI=1S/C6H9Cl.C2H4/c1-3-4-5-6(2)7;1-2/h3-5H,1-2H3;1-2H2/b4-3-,6-5+;. The smallest absolute Gasteiger partial charge is 0.0149 e. The maximum atomic E-state index is 5.47. The van der Waals surface area contributed by atoms with Gasteiger partial charge >= 0.3 is 0 Å². The van der Waals surface area contributed by atoms with Crippen molar-refractivity contribution in [3.8, 4) is 0 Å². The topological polar surface area (TPSA) is 0 Å². The van der Waals surface area contributed by atoms with Crippen LogP contribution < -0.4 is 0 Å². The van der Waals surface area contributed by atoms with Gasteiger partial charge in [-0.2, -0.15) is 0 Å². The molecular formula is C8H13Cl. The van der Waals surface area contributed by atoms with Gasteiger partial charge in [0.2, 0.25) is 0 Å². The molecule has 0 spiro atoms. The molecule has 52 valence electrons. The van der Waals surface area contributed by atoms with Gasteiger partial charge in [-0.1, -0.05) is 23.8 Å². The Kier molecular flexibility index (Phi) is 13.2. The maximum absolute atomic E-state index is 5.47. The highest BCUT2D eigenvalue weighted by Crippen LogP contribution is 1.96. The quantitative estimate of drug-likeness (QED) is 0.390. The van der Waals surface area contributed by atoms with Crippen LogP contribution in [0.1, 0.15) is 13.8 Å². The molecule has 0 heterocycles. The summed E-state index contributed by atoms with van der Waals surface area (Å²) in [6.45, 7) is 9.80. The first-order valence-electron chi connectivity index (χ1n) is 2.72. The van der Waals surface area contributed by atoms with Crippen LogP contribution in [0.4, 0.5) is 0 Å². The van der Waals surface area contributed by atoms with Crippen LogP contribution in [0.25, 0.3) is 0 Å². The minimum atomic E-state index is 0.818. The van der Waals surface area contributed by atoms with Crippen LogP contribution in [-0.2, 0) is 0 Å². The van der Waals surface area contributed by atoms with Crippen LogP contribution in [0.3, 0.4) is 0 Å². The Bertz CT molecular complexity index is 97.1. The summed E-state index contributed by atoms with van der Waals surface area (Å²) in [6.07, 6.45) is 5.69. The molecular weight excluding hydrogens is 132 g/mol. The van der Waals surface area contributed by atoms with Gasteiger partial charge < -0.3 is 0 Å². The Labute approximate surface area is 62.5 Å². The van der Waals surface area contributed by atoms with Crippen LogP contribution >= 0.6 is 11.6 Å². The first kappa shape index (κ1) is 11.3. The van der Waals surface area contributed by atoms with Crippen molar-refractivity contribution in [1.29, 1.82) is 0 Å². The van der Waals surface area contributed by atoms with E-state index in [1.165, 1.54) is 0 Å². The lowest BCUT2D eigenvalue weighted by Gasteiger charge is -1.74. The number of hydrogen-bond donors (Lipinski definition) is 0. The van der Waals surface area contributed by atoms with E-state index in [1.54, 1.807) is 0 Å². The van der Waals surface area contributed by atoms with Crippen LogP contribution in [0, 0.1) is 0 Å². The highest BCUT2D eigenvalue weighted by atomic mass is 35.5. The highest BCUT2D eigenvalue weighted by molar-refractivity contribution is 6.29. The highest BCUT2D eigenvalue weighted by Gasteiger charge is 1.68. The first-order valence-corrected chi connectivity index (χ1v) is 3.10. The fourth-order valence-electron chi connectivity index (χ4n) is 0.229. The molecule has 0 nitrogen and oxygen atoms in total. The summed E-state index contributed by atoms with van der Waals surface area (Å²) in [5, 5.41) is 0.818. The summed E-state index contributed by atoms with van der Waals surface area (Å²) in [7, 11) is 0. The molecule has 0 fully saturated rings. The summed E-state index contributed by atoms with van der Waals surface area (Å²) in [4.78, 5) is 0. The molecule has 0 saturated heterocycles. The minimum Gasteiger partial charge on any atom is -0.106 e. The monoisotopic (exact) mass is 144 g/mol. The van der Waals surface area contributed by atoms with Crippen molar-refractivity contribution >= 4 is 11.6 Å². The molecule has 0 aromatic carbocycles. The van der Waals surface area contributed by atoms with Crippen LogP contribution in [0.2, 0.25) is 0 Å². The summed E-state index contributed by atoms with van der Waals surface area (Å²) in [6, 6.07) is 0. The first-order chi connectivity index (χ1) is 4.27. The number of halogens is 1. The van der Waals surface area contributed by atoms with E-state index in [2.05, 4.69) is 13.2 Å². The Balaban J connectivity index is 0. The van der Waals surface area contributed by atoms with Gasteiger partial charge in [0.15, 0.2) is 0 Å².